The molecule has 102 valence electrons. The van der Waals surface area contributed by atoms with Crippen LogP contribution in [0.3, 0.4) is 0 Å². The van der Waals surface area contributed by atoms with Crippen molar-refractivity contribution in [1.29, 1.82) is 0 Å². The summed E-state index contributed by atoms with van der Waals surface area (Å²) in [5.41, 5.74) is 1.79. The van der Waals surface area contributed by atoms with Crippen LogP contribution in [0.4, 0.5) is 10.1 Å². The van der Waals surface area contributed by atoms with Gasteiger partial charge in [-0.1, -0.05) is 40.9 Å². The number of allylic oxidation sites excluding steroid dienone is 4. The van der Waals surface area contributed by atoms with Crippen molar-refractivity contribution in [2.45, 2.75) is 12.3 Å². The fourth-order valence-electron chi connectivity index (χ4n) is 2.15. The molecule has 1 unspecified atom stereocenters. The van der Waals surface area contributed by atoms with E-state index in [-0.39, 0.29) is 11.7 Å². The quantitative estimate of drug-likeness (QED) is 0.724. The van der Waals surface area contributed by atoms with Gasteiger partial charge in [0.05, 0.1) is 10.1 Å². The highest BCUT2D eigenvalue weighted by molar-refractivity contribution is 6.48. The molecule has 0 heterocycles. The van der Waals surface area contributed by atoms with Crippen LogP contribution in [0.5, 0.6) is 0 Å². The van der Waals surface area contributed by atoms with Gasteiger partial charge in [-0.3, -0.25) is 0 Å². The molecule has 0 saturated heterocycles. The van der Waals surface area contributed by atoms with Gasteiger partial charge in [0.25, 0.3) is 0 Å². The molecule has 0 fully saturated rings. The fraction of sp³-hybridized carbons (Fsp3) is 0.286. The summed E-state index contributed by atoms with van der Waals surface area (Å²) in [4.78, 5) is 1.93. The maximum absolute atomic E-state index is 13.5. The van der Waals surface area contributed by atoms with Gasteiger partial charge in [0.15, 0.2) is 0 Å². The molecule has 1 aliphatic rings. The topological polar surface area (TPSA) is 3.24 Å². The highest BCUT2D eigenvalue weighted by Gasteiger charge is 2.23. The minimum Gasteiger partial charge on any atom is -0.377 e. The molecule has 19 heavy (non-hydrogen) atoms. The lowest BCUT2D eigenvalue weighted by Crippen LogP contribution is -2.14. The van der Waals surface area contributed by atoms with Crippen molar-refractivity contribution in [2.75, 3.05) is 19.0 Å². The lowest BCUT2D eigenvalue weighted by molar-refractivity contribution is 0.623. The van der Waals surface area contributed by atoms with Gasteiger partial charge in [-0.2, -0.15) is 0 Å². The number of benzene rings is 1. The summed E-state index contributed by atoms with van der Waals surface area (Å²) in [6.45, 7) is 0. The third-order valence-electron chi connectivity index (χ3n) is 3.07. The summed E-state index contributed by atoms with van der Waals surface area (Å²) in [7, 11) is 3.82. The number of rotatable bonds is 2. The Morgan fingerprint density at radius 3 is 2.47 bits per heavy atom. The Labute approximate surface area is 127 Å². The van der Waals surface area contributed by atoms with E-state index in [4.69, 9.17) is 34.8 Å². The first-order valence-electron chi connectivity index (χ1n) is 5.78. The van der Waals surface area contributed by atoms with Crippen molar-refractivity contribution in [3.8, 4) is 0 Å². The van der Waals surface area contributed by atoms with Crippen LogP contribution >= 0.6 is 34.8 Å². The zero-order chi connectivity index (χ0) is 14.2. The molecule has 0 N–H and O–H groups in total. The van der Waals surface area contributed by atoms with Crippen molar-refractivity contribution in [3.05, 3.63) is 50.8 Å². The number of hydrogen-bond acceptors (Lipinski definition) is 1. The van der Waals surface area contributed by atoms with Crippen molar-refractivity contribution in [2.24, 2.45) is 0 Å². The molecule has 0 radical (unpaired) electrons. The van der Waals surface area contributed by atoms with Crippen molar-refractivity contribution in [1.82, 2.24) is 0 Å². The van der Waals surface area contributed by atoms with Crippen LogP contribution in [-0.4, -0.2) is 14.1 Å². The third-order valence-corrected chi connectivity index (χ3v) is 4.35. The Hall–Kier alpha value is -0.700. The van der Waals surface area contributed by atoms with Crippen LogP contribution in [-0.2, 0) is 0 Å². The highest BCUT2D eigenvalue weighted by atomic mass is 35.5. The molecular weight excluding hydrogens is 308 g/mol. The standard InChI is InChI=1S/C14H13Cl3FN/c1-19(2)13-4-3-9(18)7-10(13)8-5-11(15)14(17)12(16)6-8/h3-5,7-8H,6H2,1-2H3. The van der Waals surface area contributed by atoms with Crippen molar-refractivity contribution in [3.63, 3.8) is 0 Å². The number of nitrogens with zero attached hydrogens (tertiary/aromatic N) is 1. The first-order valence-corrected chi connectivity index (χ1v) is 6.92. The van der Waals surface area contributed by atoms with Gasteiger partial charge < -0.3 is 4.90 Å². The number of halogens is 4. The van der Waals surface area contributed by atoms with Crippen LogP contribution in [0.2, 0.25) is 0 Å². The molecule has 0 bridgehead atoms. The van der Waals surface area contributed by atoms with Gasteiger partial charge in [-0.25, -0.2) is 4.39 Å². The second-order valence-electron chi connectivity index (χ2n) is 4.64. The molecule has 0 aromatic heterocycles. The molecule has 2 rings (SSSR count). The third kappa shape index (κ3) is 3.07. The normalized spacial score (nSPS) is 19.5. The Morgan fingerprint density at radius 2 is 1.89 bits per heavy atom. The summed E-state index contributed by atoms with van der Waals surface area (Å²) >= 11 is 18.1. The van der Waals surface area contributed by atoms with Crippen molar-refractivity contribution >= 4 is 40.5 Å². The van der Waals surface area contributed by atoms with E-state index >= 15 is 0 Å². The summed E-state index contributed by atoms with van der Waals surface area (Å²) in [6, 6.07) is 4.71. The zero-order valence-electron chi connectivity index (χ0n) is 10.6. The van der Waals surface area contributed by atoms with E-state index in [9.17, 15) is 4.39 Å². The SMILES string of the molecule is CN(C)c1ccc(F)cc1C1C=C(Cl)C(Cl)=C(Cl)C1. The van der Waals surface area contributed by atoms with Gasteiger partial charge in [-0.15, -0.1) is 0 Å². The Balaban J connectivity index is 2.46. The average molecular weight is 321 g/mol. The van der Waals surface area contributed by atoms with Gasteiger partial charge in [-0.05, 0) is 30.2 Å². The van der Waals surface area contributed by atoms with Crippen molar-refractivity contribution < 1.29 is 4.39 Å². The molecule has 5 heteroatoms. The molecule has 0 amide bonds. The lowest BCUT2D eigenvalue weighted by atomic mass is 9.90. The summed E-state index contributed by atoms with van der Waals surface area (Å²) in [5, 5.41) is 1.30. The molecule has 1 aromatic rings. The van der Waals surface area contributed by atoms with E-state index in [2.05, 4.69) is 0 Å². The Kier molecular flexibility index (Phi) is 4.44. The fourth-order valence-corrected chi connectivity index (χ4v) is 2.87. The van der Waals surface area contributed by atoms with Crippen LogP contribution < -0.4 is 4.90 Å². The van der Waals surface area contributed by atoms with Gasteiger partial charge in [0.1, 0.15) is 5.82 Å². The average Bonchev–Trinajstić information content (AvgIpc) is 2.34. The van der Waals surface area contributed by atoms with E-state index in [1.165, 1.54) is 12.1 Å². The maximum Gasteiger partial charge on any atom is 0.123 e. The first-order chi connectivity index (χ1) is 8.90. The Bertz CT molecular complexity index is 564. The van der Waals surface area contributed by atoms with E-state index < -0.39 is 0 Å². The van der Waals surface area contributed by atoms with Crippen LogP contribution in [0.25, 0.3) is 0 Å². The van der Waals surface area contributed by atoms with E-state index in [1.54, 1.807) is 6.07 Å². The summed E-state index contributed by atoms with van der Waals surface area (Å²) < 4.78 is 13.5. The molecular formula is C14H13Cl3FN. The van der Waals surface area contributed by atoms with Crippen LogP contribution in [0, 0.1) is 5.82 Å². The largest absolute Gasteiger partial charge is 0.377 e. The van der Waals surface area contributed by atoms with Gasteiger partial charge >= 0.3 is 0 Å². The molecule has 1 aliphatic carbocycles. The maximum atomic E-state index is 13.5. The molecule has 1 nitrogen and oxygen atoms in total. The van der Waals surface area contributed by atoms with E-state index in [0.717, 1.165) is 11.3 Å². The first kappa shape index (κ1) is 14.7. The van der Waals surface area contributed by atoms with Crippen LogP contribution in [0.15, 0.2) is 39.4 Å². The minimum absolute atomic E-state index is 0.0735. The molecule has 1 atom stereocenters. The van der Waals surface area contributed by atoms with Gasteiger partial charge in [0, 0.05) is 30.7 Å². The minimum atomic E-state index is -0.276. The van der Waals surface area contributed by atoms with E-state index in [0.29, 0.717) is 21.5 Å². The zero-order valence-corrected chi connectivity index (χ0v) is 12.8. The van der Waals surface area contributed by atoms with Crippen LogP contribution in [0.1, 0.15) is 17.9 Å². The lowest BCUT2D eigenvalue weighted by Gasteiger charge is -2.25. The molecule has 1 aromatic carbocycles. The van der Waals surface area contributed by atoms with E-state index in [1.807, 2.05) is 25.1 Å². The number of anilines is 1. The highest BCUT2D eigenvalue weighted by Crippen LogP contribution is 2.42. The van der Waals surface area contributed by atoms with Gasteiger partial charge in [0.2, 0.25) is 0 Å². The molecule has 0 spiro atoms. The summed E-state index contributed by atoms with van der Waals surface area (Å²) in [5.74, 6) is -0.350. The molecule has 0 aliphatic heterocycles. The molecule has 0 saturated carbocycles. The Morgan fingerprint density at radius 1 is 1.21 bits per heavy atom. The smallest absolute Gasteiger partial charge is 0.123 e. The summed E-state index contributed by atoms with van der Waals surface area (Å²) in [6.07, 6.45) is 2.35. The monoisotopic (exact) mass is 319 g/mol. The second-order valence-corrected chi connectivity index (χ2v) is 5.88. The number of hydrogen-bond donors (Lipinski definition) is 0. The predicted molar refractivity (Wildman–Crippen MR) is 80.8 cm³/mol. The second kappa shape index (κ2) is 5.74. The predicted octanol–water partition coefficient (Wildman–Crippen LogP) is 5.19.